The van der Waals surface area contributed by atoms with Crippen molar-refractivity contribution in [3.8, 4) is 5.75 Å². The van der Waals surface area contributed by atoms with Crippen LogP contribution in [0.3, 0.4) is 0 Å². The van der Waals surface area contributed by atoms with E-state index in [-0.39, 0.29) is 5.91 Å². The summed E-state index contributed by atoms with van der Waals surface area (Å²) >= 11 is 0. The van der Waals surface area contributed by atoms with Crippen molar-refractivity contribution in [2.75, 3.05) is 19.7 Å². The second-order valence-corrected chi connectivity index (χ2v) is 4.71. The lowest BCUT2D eigenvalue weighted by atomic mass is 10.1. The summed E-state index contributed by atoms with van der Waals surface area (Å²) in [4.78, 5) is 11.5. The van der Waals surface area contributed by atoms with Gasteiger partial charge in [-0.2, -0.15) is 0 Å². The largest absolute Gasteiger partial charge is 0.493 e. The fraction of sp³-hybridized carbons (Fsp3) is 0.533. The summed E-state index contributed by atoms with van der Waals surface area (Å²) in [5, 5.41) is 2.85. The maximum Gasteiger partial charge on any atom is 0.223 e. The van der Waals surface area contributed by atoms with Gasteiger partial charge in [-0.05, 0) is 44.9 Å². The summed E-state index contributed by atoms with van der Waals surface area (Å²) in [6.07, 6.45) is 2.26. The second kappa shape index (κ2) is 8.53. The molecule has 0 fully saturated rings. The number of ether oxygens (including phenoxy) is 1. The smallest absolute Gasteiger partial charge is 0.223 e. The Balaban J connectivity index is 2.20. The highest BCUT2D eigenvalue weighted by Crippen LogP contribution is 2.18. The van der Waals surface area contributed by atoms with Crippen LogP contribution in [-0.2, 0) is 4.79 Å². The number of nitrogens with one attached hydrogen (secondary N) is 1. The zero-order valence-corrected chi connectivity index (χ0v) is 11.9. The average Bonchev–Trinajstić information content (AvgIpc) is 2.37. The number of aryl methyl sites for hydroxylation is 2. The van der Waals surface area contributed by atoms with Crippen LogP contribution in [0.5, 0.6) is 5.75 Å². The Morgan fingerprint density at radius 3 is 2.79 bits per heavy atom. The van der Waals surface area contributed by atoms with E-state index in [1.54, 1.807) is 0 Å². The molecule has 0 spiro atoms. The number of carbonyl (C=O) groups is 1. The molecule has 0 saturated carbocycles. The highest BCUT2D eigenvalue weighted by Gasteiger charge is 2.03. The van der Waals surface area contributed by atoms with Gasteiger partial charge >= 0.3 is 0 Å². The van der Waals surface area contributed by atoms with Crippen LogP contribution in [0.4, 0.5) is 0 Å². The molecule has 0 radical (unpaired) electrons. The molecule has 0 unspecified atom stereocenters. The Kier molecular flexibility index (Phi) is 6.97. The van der Waals surface area contributed by atoms with Crippen LogP contribution in [0, 0.1) is 13.8 Å². The molecule has 0 aromatic heterocycles. The summed E-state index contributed by atoms with van der Waals surface area (Å²) < 4.78 is 5.61. The fourth-order valence-electron chi connectivity index (χ4n) is 1.80. The van der Waals surface area contributed by atoms with Crippen LogP contribution >= 0.6 is 0 Å². The summed E-state index contributed by atoms with van der Waals surface area (Å²) in [5.41, 5.74) is 7.69. The minimum Gasteiger partial charge on any atom is -0.493 e. The van der Waals surface area contributed by atoms with E-state index in [9.17, 15) is 4.79 Å². The van der Waals surface area contributed by atoms with E-state index in [1.165, 1.54) is 5.56 Å². The van der Waals surface area contributed by atoms with Crippen LogP contribution in [0.2, 0.25) is 0 Å². The molecule has 0 saturated heterocycles. The van der Waals surface area contributed by atoms with Gasteiger partial charge in [0.15, 0.2) is 0 Å². The minimum atomic E-state index is 0.0294. The number of hydrogen-bond acceptors (Lipinski definition) is 3. The predicted octanol–water partition coefficient (Wildman–Crippen LogP) is 1.93. The molecule has 1 amide bonds. The van der Waals surface area contributed by atoms with Crippen LogP contribution in [0.25, 0.3) is 0 Å². The average molecular weight is 264 g/mol. The first-order valence-corrected chi connectivity index (χ1v) is 6.80. The molecule has 19 heavy (non-hydrogen) atoms. The summed E-state index contributed by atoms with van der Waals surface area (Å²) in [7, 11) is 0. The third-order valence-electron chi connectivity index (χ3n) is 2.87. The number of benzene rings is 1. The molecule has 0 aliphatic rings. The topological polar surface area (TPSA) is 64.3 Å². The van der Waals surface area contributed by atoms with Crippen molar-refractivity contribution in [1.29, 1.82) is 0 Å². The molecule has 106 valence electrons. The van der Waals surface area contributed by atoms with E-state index in [0.29, 0.717) is 26.1 Å². The van der Waals surface area contributed by atoms with Crippen molar-refractivity contribution in [1.82, 2.24) is 5.32 Å². The fourth-order valence-corrected chi connectivity index (χ4v) is 1.80. The van der Waals surface area contributed by atoms with Gasteiger partial charge in [-0.3, -0.25) is 4.79 Å². The lowest BCUT2D eigenvalue weighted by Crippen LogP contribution is -2.26. The van der Waals surface area contributed by atoms with E-state index in [4.69, 9.17) is 10.5 Å². The van der Waals surface area contributed by atoms with E-state index < -0.39 is 0 Å². The molecule has 4 nitrogen and oxygen atoms in total. The zero-order valence-electron chi connectivity index (χ0n) is 11.9. The summed E-state index contributed by atoms with van der Waals surface area (Å²) in [6, 6.07) is 6.03. The van der Waals surface area contributed by atoms with Gasteiger partial charge in [0, 0.05) is 6.54 Å². The van der Waals surface area contributed by atoms with Gasteiger partial charge < -0.3 is 15.8 Å². The van der Waals surface area contributed by atoms with Crippen molar-refractivity contribution in [3.05, 3.63) is 29.3 Å². The van der Waals surface area contributed by atoms with Crippen molar-refractivity contribution in [2.45, 2.75) is 33.1 Å². The number of rotatable bonds is 8. The van der Waals surface area contributed by atoms with E-state index in [0.717, 1.165) is 24.2 Å². The zero-order chi connectivity index (χ0) is 14.1. The van der Waals surface area contributed by atoms with Gasteiger partial charge in [0.25, 0.3) is 0 Å². The Hall–Kier alpha value is -1.55. The number of amides is 1. The van der Waals surface area contributed by atoms with E-state index in [2.05, 4.69) is 11.4 Å². The molecule has 1 aromatic carbocycles. The van der Waals surface area contributed by atoms with Crippen molar-refractivity contribution in [2.24, 2.45) is 5.73 Å². The predicted molar refractivity (Wildman–Crippen MR) is 77.3 cm³/mol. The van der Waals surface area contributed by atoms with Crippen LogP contribution < -0.4 is 15.8 Å². The van der Waals surface area contributed by atoms with E-state index >= 15 is 0 Å². The Morgan fingerprint density at radius 2 is 2.11 bits per heavy atom. The van der Waals surface area contributed by atoms with Gasteiger partial charge in [0.2, 0.25) is 5.91 Å². The van der Waals surface area contributed by atoms with Crippen molar-refractivity contribution < 1.29 is 9.53 Å². The van der Waals surface area contributed by atoms with Gasteiger partial charge in [-0.15, -0.1) is 0 Å². The van der Waals surface area contributed by atoms with Gasteiger partial charge in [-0.1, -0.05) is 17.7 Å². The van der Waals surface area contributed by atoms with Crippen molar-refractivity contribution in [3.63, 3.8) is 0 Å². The molecular formula is C15H24N2O2. The first-order valence-electron chi connectivity index (χ1n) is 6.80. The quantitative estimate of drug-likeness (QED) is 0.705. The minimum absolute atomic E-state index is 0.0294. The number of carbonyl (C=O) groups excluding carboxylic acids is 1. The molecule has 0 atom stereocenters. The number of nitrogens with two attached hydrogens (primary N) is 1. The molecular weight excluding hydrogens is 240 g/mol. The second-order valence-electron chi connectivity index (χ2n) is 4.71. The molecule has 0 heterocycles. The molecule has 0 aliphatic heterocycles. The Morgan fingerprint density at radius 1 is 1.32 bits per heavy atom. The van der Waals surface area contributed by atoms with Crippen LogP contribution in [-0.4, -0.2) is 25.6 Å². The van der Waals surface area contributed by atoms with Gasteiger partial charge in [0.1, 0.15) is 5.75 Å². The normalized spacial score (nSPS) is 10.3. The van der Waals surface area contributed by atoms with Crippen LogP contribution in [0.1, 0.15) is 30.4 Å². The molecule has 0 aliphatic carbocycles. The Labute approximate surface area is 115 Å². The standard InChI is InChI=1S/C15H24N2O2/c1-12-5-6-14(13(2)11-12)19-10-7-15(18)17-9-4-3-8-16/h5-6,11H,3-4,7-10,16H2,1-2H3,(H,17,18). The van der Waals surface area contributed by atoms with Crippen LogP contribution in [0.15, 0.2) is 18.2 Å². The SMILES string of the molecule is Cc1ccc(OCCC(=O)NCCCCN)c(C)c1. The maximum atomic E-state index is 11.5. The van der Waals surface area contributed by atoms with Gasteiger partial charge in [0.05, 0.1) is 13.0 Å². The third kappa shape index (κ3) is 6.25. The lowest BCUT2D eigenvalue weighted by molar-refractivity contribution is -0.121. The lowest BCUT2D eigenvalue weighted by Gasteiger charge is -2.10. The number of unbranched alkanes of at least 4 members (excludes halogenated alkanes) is 1. The summed E-state index contributed by atoms with van der Waals surface area (Å²) in [5.74, 6) is 0.878. The number of hydrogen-bond donors (Lipinski definition) is 2. The van der Waals surface area contributed by atoms with Crippen molar-refractivity contribution >= 4 is 5.91 Å². The molecule has 1 aromatic rings. The Bertz CT molecular complexity index is 405. The first-order chi connectivity index (χ1) is 9.13. The highest BCUT2D eigenvalue weighted by molar-refractivity contribution is 5.75. The van der Waals surface area contributed by atoms with E-state index in [1.807, 2.05) is 26.0 Å². The molecule has 0 bridgehead atoms. The molecule has 3 N–H and O–H groups in total. The molecule has 4 heteroatoms. The first kappa shape index (κ1) is 15.5. The monoisotopic (exact) mass is 264 g/mol. The maximum absolute atomic E-state index is 11.5. The molecule has 1 rings (SSSR count). The highest BCUT2D eigenvalue weighted by atomic mass is 16.5. The third-order valence-corrected chi connectivity index (χ3v) is 2.87. The van der Waals surface area contributed by atoms with Gasteiger partial charge in [-0.25, -0.2) is 0 Å². The summed E-state index contributed by atoms with van der Waals surface area (Å²) in [6.45, 7) is 5.83.